The molecule has 2 aromatic rings. The maximum atomic E-state index is 9.88. The summed E-state index contributed by atoms with van der Waals surface area (Å²) in [4.78, 5) is 0. The van der Waals surface area contributed by atoms with Crippen LogP contribution in [0.25, 0.3) is 0 Å². The molecule has 3 heteroatoms. The first-order chi connectivity index (χ1) is 11.8. The monoisotopic (exact) mass is 354 g/mol. The van der Waals surface area contributed by atoms with Crippen molar-refractivity contribution in [2.75, 3.05) is 0 Å². The second kappa shape index (κ2) is 8.13. The maximum absolute atomic E-state index is 9.88. The van der Waals surface area contributed by atoms with Crippen molar-refractivity contribution >= 4 is 18.7 Å². The average molecular weight is 355 g/mol. The van der Waals surface area contributed by atoms with Gasteiger partial charge < -0.3 is 9.53 Å². The van der Waals surface area contributed by atoms with Gasteiger partial charge >= 0.3 is 0 Å². The van der Waals surface area contributed by atoms with Crippen LogP contribution in [0.5, 0.6) is 0 Å². The maximum Gasteiger partial charge on any atom is 0.261 e. The number of rotatable bonds is 7. The average Bonchev–Trinajstić information content (AvgIpc) is 2.58. The Labute approximate surface area is 153 Å². The van der Waals surface area contributed by atoms with Gasteiger partial charge in [0, 0.05) is 6.42 Å². The lowest BCUT2D eigenvalue weighted by atomic mass is 10.2. The van der Waals surface area contributed by atoms with Crippen LogP contribution in [0.1, 0.15) is 34.1 Å². The lowest BCUT2D eigenvalue weighted by Crippen LogP contribution is -2.67. The zero-order chi connectivity index (χ0) is 18.5. The molecule has 2 nitrogen and oxygen atoms in total. The zero-order valence-corrected chi connectivity index (χ0v) is 16.8. The van der Waals surface area contributed by atoms with Crippen molar-refractivity contribution in [3.63, 3.8) is 0 Å². The summed E-state index contributed by atoms with van der Waals surface area (Å²) in [5.74, 6) is 0. The summed E-state index contributed by atoms with van der Waals surface area (Å²) in [6.45, 7) is 12.5. The van der Waals surface area contributed by atoms with Crippen LogP contribution in [0, 0.1) is 0 Å². The Kier molecular flexibility index (Phi) is 6.39. The van der Waals surface area contributed by atoms with Crippen LogP contribution in [-0.4, -0.2) is 25.6 Å². The number of hydrogen-bond acceptors (Lipinski definition) is 2. The number of aliphatic hydroxyl groups excluding tert-OH is 1. The summed E-state index contributed by atoms with van der Waals surface area (Å²) in [5, 5.41) is 12.3. The van der Waals surface area contributed by atoms with Gasteiger partial charge in [0.2, 0.25) is 0 Å². The van der Waals surface area contributed by atoms with Crippen LogP contribution >= 0.6 is 0 Å². The molecule has 2 atom stereocenters. The van der Waals surface area contributed by atoms with Crippen molar-refractivity contribution in [3.05, 3.63) is 73.3 Å². The van der Waals surface area contributed by atoms with Crippen LogP contribution in [0.3, 0.4) is 0 Å². The molecule has 2 aromatic carbocycles. The van der Waals surface area contributed by atoms with Crippen molar-refractivity contribution in [3.8, 4) is 0 Å². The minimum absolute atomic E-state index is 0.0737. The molecule has 0 saturated heterocycles. The number of aliphatic hydroxyl groups is 1. The van der Waals surface area contributed by atoms with Gasteiger partial charge in [0.25, 0.3) is 8.32 Å². The molecule has 0 bridgehead atoms. The summed E-state index contributed by atoms with van der Waals surface area (Å²) in [7, 11) is -2.58. The minimum atomic E-state index is -2.58. The number of hydrogen-bond donors (Lipinski definition) is 1. The molecule has 0 amide bonds. The Bertz CT molecular complexity index is 620. The fraction of sp³-hybridized carbons (Fsp3) is 0.364. The van der Waals surface area contributed by atoms with E-state index in [1.54, 1.807) is 6.92 Å². The molecule has 134 valence electrons. The van der Waals surface area contributed by atoms with Crippen LogP contribution < -0.4 is 10.4 Å². The van der Waals surface area contributed by atoms with Gasteiger partial charge in [-0.25, -0.2) is 0 Å². The van der Waals surface area contributed by atoms with Crippen molar-refractivity contribution in [2.24, 2.45) is 0 Å². The molecule has 0 aliphatic rings. The topological polar surface area (TPSA) is 29.5 Å². The molecule has 0 fully saturated rings. The van der Waals surface area contributed by atoms with E-state index in [2.05, 4.69) is 75.9 Å². The first-order valence-electron chi connectivity index (χ1n) is 8.90. The van der Waals surface area contributed by atoms with Crippen molar-refractivity contribution in [1.29, 1.82) is 0 Å². The third-order valence-corrected chi connectivity index (χ3v) is 9.64. The minimum Gasteiger partial charge on any atom is -0.401 e. The summed E-state index contributed by atoms with van der Waals surface area (Å²) < 4.78 is 6.90. The van der Waals surface area contributed by atoms with E-state index in [-0.39, 0.29) is 11.1 Å². The quantitative estimate of drug-likeness (QED) is 0.604. The van der Waals surface area contributed by atoms with Crippen LogP contribution in [0.15, 0.2) is 73.3 Å². The highest BCUT2D eigenvalue weighted by Crippen LogP contribution is 2.38. The molecule has 0 unspecified atom stereocenters. The Morgan fingerprint density at radius 3 is 1.76 bits per heavy atom. The molecule has 0 saturated carbocycles. The number of benzene rings is 2. The Hall–Kier alpha value is -1.68. The van der Waals surface area contributed by atoms with Gasteiger partial charge in [0.05, 0.1) is 12.2 Å². The van der Waals surface area contributed by atoms with Crippen molar-refractivity contribution in [1.82, 2.24) is 0 Å². The van der Waals surface area contributed by atoms with Gasteiger partial charge in [-0.3, -0.25) is 0 Å². The Morgan fingerprint density at radius 2 is 1.44 bits per heavy atom. The van der Waals surface area contributed by atoms with E-state index in [1.807, 2.05) is 18.2 Å². The smallest absolute Gasteiger partial charge is 0.261 e. The lowest BCUT2D eigenvalue weighted by Gasteiger charge is -2.45. The molecule has 1 N–H and O–H groups in total. The van der Waals surface area contributed by atoms with Gasteiger partial charge in [-0.2, -0.15) is 0 Å². The zero-order valence-electron chi connectivity index (χ0n) is 15.8. The predicted octanol–water partition coefficient (Wildman–Crippen LogP) is 3.89. The second-order valence-electron chi connectivity index (χ2n) is 7.64. The fourth-order valence-corrected chi connectivity index (χ4v) is 8.11. The fourth-order valence-electron chi connectivity index (χ4n) is 3.45. The first-order valence-corrected chi connectivity index (χ1v) is 10.8. The molecule has 25 heavy (non-hydrogen) atoms. The first kappa shape index (κ1) is 19.6. The summed E-state index contributed by atoms with van der Waals surface area (Å²) in [6.07, 6.45) is 1.76. The van der Waals surface area contributed by atoms with E-state index in [0.29, 0.717) is 6.42 Å². The van der Waals surface area contributed by atoms with E-state index in [1.165, 1.54) is 10.4 Å². The molecular formula is C22H30O2Si. The van der Waals surface area contributed by atoms with E-state index >= 15 is 0 Å². The molecule has 0 aliphatic heterocycles. The Balaban J connectivity index is 2.66. The van der Waals surface area contributed by atoms with Gasteiger partial charge in [0.1, 0.15) is 0 Å². The van der Waals surface area contributed by atoms with E-state index in [0.717, 1.165) is 0 Å². The summed E-state index contributed by atoms with van der Waals surface area (Å²) in [5.41, 5.74) is 0. The molecule has 2 rings (SSSR count). The molecular weight excluding hydrogens is 324 g/mol. The third kappa shape index (κ3) is 4.29. The third-order valence-electron chi connectivity index (χ3n) is 4.58. The standard InChI is InChI=1S/C22H30O2Si/c1-6-19(17-18(2)23)24-25(22(3,4)5,20-13-9-7-10-14-20)21-15-11-8-12-16-21/h6-16,18-19,23H,1,17H2,2-5H3/t18-,19+/m0/s1. The largest absolute Gasteiger partial charge is 0.401 e. The van der Waals surface area contributed by atoms with Crippen molar-refractivity contribution in [2.45, 2.75) is 51.4 Å². The summed E-state index contributed by atoms with van der Waals surface area (Å²) >= 11 is 0. The van der Waals surface area contributed by atoms with Gasteiger partial charge in [-0.15, -0.1) is 6.58 Å². The Morgan fingerprint density at radius 1 is 1.00 bits per heavy atom. The highest BCUT2D eigenvalue weighted by molar-refractivity contribution is 6.99. The van der Waals surface area contributed by atoms with E-state index < -0.39 is 14.4 Å². The van der Waals surface area contributed by atoms with Crippen LogP contribution in [-0.2, 0) is 4.43 Å². The van der Waals surface area contributed by atoms with Crippen LogP contribution in [0.4, 0.5) is 0 Å². The highest BCUT2D eigenvalue weighted by Gasteiger charge is 2.51. The summed E-state index contributed by atoms with van der Waals surface area (Å²) in [6, 6.07) is 21.1. The predicted molar refractivity (Wildman–Crippen MR) is 109 cm³/mol. The van der Waals surface area contributed by atoms with Crippen LogP contribution in [0.2, 0.25) is 5.04 Å². The molecule has 0 aromatic heterocycles. The molecule has 0 heterocycles. The normalized spacial score (nSPS) is 14.8. The lowest BCUT2D eigenvalue weighted by molar-refractivity contribution is 0.123. The molecule has 0 spiro atoms. The van der Waals surface area contributed by atoms with E-state index in [4.69, 9.17) is 4.43 Å². The van der Waals surface area contributed by atoms with E-state index in [9.17, 15) is 5.11 Å². The highest BCUT2D eigenvalue weighted by atomic mass is 28.4. The van der Waals surface area contributed by atoms with Crippen molar-refractivity contribution < 1.29 is 9.53 Å². The molecule has 0 radical (unpaired) electrons. The second-order valence-corrected chi connectivity index (χ2v) is 11.9. The van der Waals surface area contributed by atoms with Gasteiger partial charge in [-0.05, 0) is 22.3 Å². The van der Waals surface area contributed by atoms with Gasteiger partial charge in [-0.1, -0.05) is 87.5 Å². The molecule has 0 aliphatic carbocycles. The SMILES string of the molecule is C=C[C@H](C[C@H](C)O)O[Si](c1ccccc1)(c1ccccc1)C(C)(C)C. The van der Waals surface area contributed by atoms with Gasteiger partial charge in [0.15, 0.2) is 0 Å².